The molecule has 66 valence electrons. The molecular formula is C10H15NO. The molecule has 0 bridgehead atoms. The summed E-state index contributed by atoms with van der Waals surface area (Å²) in [4.78, 5) is 0. The number of anilines is 1. The maximum Gasteiger partial charge on any atom is 0.142 e. The van der Waals surface area contributed by atoms with Gasteiger partial charge in [-0.3, -0.25) is 0 Å². The monoisotopic (exact) mass is 165 g/mol. The molecule has 0 aliphatic heterocycles. The minimum Gasteiger partial charge on any atom is -0.492 e. The van der Waals surface area contributed by atoms with Gasteiger partial charge in [0.05, 0.1) is 12.3 Å². The first-order valence-electron chi connectivity index (χ1n) is 4.19. The summed E-state index contributed by atoms with van der Waals surface area (Å²) < 4.78 is 5.45. The van der Waals surface area contributed by atoms with Gasteiger partial charge in [0.1, 0.15) is 5.75 Å². The fraction of sp³-hybridized carbons (Fsp3) is 0.400. The van der Waals surface area contributed by atoms with Crippen LogP contribution in [0.4, 0.5) is 5.69 Å². The lowest BCUT2D eigenvalue weighted by Gasteiger charge is -2.09. The highest BCUT2D eigenvalue weighted by atomic mass is 16.5. The van der Waals surface area contributed by atoms with Crippen molar-refractivity contribution in [2.24, 2.45) is 0 Å². The van der Waals surface area contributed by atoms with Crippen LogP contribution in [0.25, 0.3) is 0 Å². The first-order chi connectivity index (χ1) is 5.77. The lowest BCUT2D eigenvalue weighted by Crippen LogP contribution is -1.97. The molecule has 0 fully saturated rings. The Labute approximate surface area is 73.6 Å². The molecule has 1 N–H and O–H groups in total. The molecule has 0 aliphatic carbocycles. The maximum atomic E-state index is 5.45. The van der Waals surface area contributed by atoms with Gasteiger partial charge in [-0.25, -0.2) is 0 Å². The van der Waals surface area contributed by atoms with Gasteiger partial charge >= 0.3 is 0 Å². The second kappa shape index (κ2) is 4.00. The summed E-state index contributed by atoms with van der Waals surface area (Å²) in [6.07, 6.45) is 0. The van der Waals surface area contributed by atoms with Crippen LogP contribution in [0.3, 0.4) is 0 Å². The Morgan fingerprint density at radius 3 is 2.75 bits per heavy atom. The molecule has 0 radical (unpaired) electrons. The van der Waals surface area contributed by atoms with Crippen LogP contribution in [0.2, 0.25) is 0 Å². The van der Waals surface area contributed by atoms with Gasteiger partial charge < -0.3 is 10.1 Å². The summed E-state index contributed by atoms with van der Waals surface area (Å²) in [6.45, 7) is 4.75. The molecular weight excluding hydrogens is 150 g/mol. The van der Waals surface area contributed by atoms with Gasteiger partial charge in [0.15, 0.2) is 0 Å². The first kappa shape index (κ1) is 8.91. The van der Waals surface area contributed by atoms with Crippen molar-refractivity contribution in [3.8, 4) is 5.75 Å². The number of aryl methyl sites for hydroxylation is 1. The molecule has 0 aromatic heterocycles. The van der Waals surface area contributed by atoms with E-state index in [1.165, 1.54) is 5.56 Å². The molecule has 1 aromatic carbocycles. The second-order valence-electron chi connectivity index (χ2n) is 2.68. The van der Waals surface area contributed by atoms with E-state index in [0.29, 0.717) is 6.61 Å². The summed E-state index contributed by atoms with van der Waals surface area (Å²) in [5, 5.41) is 3.08. The second-order valence-corrected chi connectivity index (χ2v) is 2.68. The smallest absolute Gasteiger partial charge is 0.142 e. The Morgan fingerprint density at radius 2 is 2.17 bits per heavy atom. The van der Waals surface area contributed by atoms with E-state index < -0.39 is 0 Å². The normalized spacial score (nSPS) is 9.58. The van der Waals surface area contributed by atoms with Crippen molar-refractivity contribution in [3.63, 3.8) is 0 Å². The molecule has 0 saturated heterocycles. The number of benzene rings is 1. The first-order valence-corrected chi connectivity index (χ1v) is 4.19. The van der Waals surface area contributed by atoms with Crippen molar-refractivity contribution in [2.45, 2.75) is 13.8 Å². The van der Waals surface area contributed by atoms with Crippen LogP contribution in [0.5, 0.6) is 5.75 Å². The van der Waals surface area contributed by atoms with Crippen molar-refractivity contribution in [2.75, 3.05) is 19.0 Å². The van der Waals surface area contributed by atoms with Gasteiger partial charge in [-0.2, -0.15) is 0 Å². The van der Waals surface area contributed by atoms with E-state index in [9.17, 15) is 0 Å². The van der Waals surface area contributed by atoms with Crippen LogP contribution < -0.4 is 10.1 Å². The van der Waals surface area contributed by atoms with Gasteiger partial charge in [-0.15, -0.1) is 0 Å². The molecule has 1 rings (SSSR count). The standard InChI is InChI=1S/C10H15NO/c1-4-12-10-7-8(2)5-6-9(10)11-3/h5-7,11H,4H2,1-3H3. The molecule has 0 unspecified atom stereocenters. The van der Waals surface area contributed by atoms with Gasteiger partial charge in [-0.1, -0.05) is 6.07 Å². The summed E-state index contributed by atoms with van der Waals surface area (Å²) in [5.41, 5.74) is 2.26. The van der Waals surface area contributed by atoms with Crippen LogP contribution in [-0.2, 0) is 0 Å². The van der Waals surface area contributed by atoms with Crippen molar-refractivity contribution in [1.29, 1.82) is 0 Å². The quantitative estimate of drug-likeness (QED) is 0.742. The third kappa shape index (κ3) is 1.91. The minimum absolute atomic E-state index is 0.706. The Bertz CT molecular complexity index is 258. The molecule has 0 atom stereocenters. The topological polar surface area (TPSA) is 21.3 Å². The Hall–Kier alpha value is -1.18. The van der Waals surface area contributed by atoms with E-state index in [2.05, 4.69) is 18.3 Å². The average Bonchev–Trinajstić information content (AvgIpc) is 2.05. The zero-order chi connectivity index (χ0) is 8.97. The molecule has 0 aliphatic rings. The molecule has 0 amide bonds. The van der Waals surface area contributed by atoms with Crippen LogP contribution in [0.1, 0.15) is 12.5 Å². The Morgan fingerprint density at radius 1 is 1.42 bits per heavy atom. The van der Waals surface area contributed by atoms with E-state index in [0.717, 1.165) is 11.4 Å². The van der Waals surface area contributed by atoms with Crippen LogP contribution in [0.15, 0.2) is 18.2 Å². The highest BCUT2D eigenvalue weighted by Crippen LogP contribution is 2.24. The lowest BCUT2D eigenvalue weighted by atomic mass is 10.2. The Balaban J connectivity index is 2.95. The molecule has 12 heavy (non-hydrogen) atoms. The molecule has 0 heterocycles. The molecule has 1 aromatic rings. The molecule has 0 saturated carbocycles. The fourth-order valence-corrected chi connectivity index (χ4v) is 1.11. The molecule has 2 nitrogen and oxygen atoms in total. The number of nitrogens with one attached hydrogen (secondary N) is 1. The van der Waals surface area contributed by atoms with E-state index in [-0.39, 0.29) is 0 Å². The number of hydrogen-bond acceptors (Lipinski definition) is 2. The predicted octanol–water partition coefficient (Wildman–Crippen LogP) is 2.44. The number of rotatable bonds is 3. The van der Waals surface area contributed by atoms with Crippen LogP contribution >= 0.6 is 0 Å². The van der Waals surface area contributed by atoms with Crippen molar-refractivity contribution < 1.29 is 4.74 Å². The van der Waals surface area contributed by atoms with Crippen LogP contribution in [-0.4, -0.2) is 13.7 Å². The highest BCUT2D eigenvalue weighted by Gasteiger charge is 1.99. The fourth-order valence-electron chi connectivity index (χ4n) is 1.11. The molecule has 2 heteroatoms. The van der Waals surface area contributed by atoms with Gasteiger partial charge in [0, 0.05) is 7.05 Å². The number of hydrogen-bond donors (Lipinski definition) is 1. The summed E-state index contributed by atoms with van der Waals surface area (Å²) in [5.74, 6) is 0.931. The van der Waals surface area contributed by atoms with E-state index in [1.54, 1.807) is 0 Å². The summed E-state index contributed by atoms with van der Waals surface area (Å²) in [6, 6.07) is 6.13. The average molecular weight is 165 g/mol. The SMILES string of the molecule is CCOc1cc(C)ccc1NC. The van der Waals surface area contributed by atoms with E-state index in [1.807, 2.05) is 26.1 Å². The number of ether oxygens (including phenoxy) is 1. The lowest BCUT2D eigenvalue weighted by molar-refractivity contribution is 0.341. The minimum atomic E-state index is 0.706. The van der Waals surface area contributed by atoms with E-state index in [4.69, 9.17) is 4.74 Å². The highest BCUT2D eigenvalue weighted by molar-refractivity contribution is 5.57. The van der Waals surface area contributed by atoms with Crippen molar-refractivity contribution in [1.82, 2.24) is 0 Å². The Kier molecular flexibility index (Phi) is 2.97. The molecule has 0 spiro atoms. The zero-order valence-electron chi connectivity index (χ0n) is 7.85. The maximum absolute atomic E-state index is 5.45. The largest absolute Gasteiger partial charge is 0.492 e. The summed E-state index contributed by atoms with van der Waals surface area (Å²) >= 11 is 0. The third-order valence-electron chi connectivity index (χ3n) is 1.71. The van der Waals surface area contributed by atoms with Crippen molar-refractivity contribution >= 4 is 5.69 Å². The third-order valence-corrected chi connectivity index (χ3v) is 1.71. The zero-order valence-corrected chi connectivity index (χ0v) is 7.85. The van der Waals surface area contributed by atoms with Gasteiger partial charge in [0.2, 0.25) is 0 Å². The van der Waals surface area contributed by atoms with Crippen LogP contribution in [0, 0.1) is 6.92 Å². The van der Waals surface area contributed by atoms with Gasteiger partial charge in [0.25, 0.3) is 0 Å². The van der Waals surface area contributed by atoms with E-state index >= 15 is 0 Å². The predicted molar refractivity (Wildman–Crippen MR) is 51.9 cm³/mol. The van der Waals surface area contributed by atoms with Crippen molar-refractivity contribution in [3.05, 3.63) is 23.8 Å². The summed E-state index contributed by atoms with van der Waals surface area (Å²) in [7, 11) is 1.90. The van der Waals surface area contributed by atoms with Gasteiger partial charge in [-0.05, 0) is 31.5 Å².